The summed E-state index contributed by atoms with van der Waals surface area (Å²) in [5.74, 6) is 1.74. The molecule has 1 fully saturated rings. The molecule has 0 aromatic heterocycles. The first-order valence-electron chi connectivity index (χ1n) is 7.49. The summed E-state index contributed by atoms with van der Waals surface area (Å²) in [6.45, 7) is 8.19. The summed E-state index contributed by atoms with van der Waals surface area (Å²) in [5.41, 5.74) is 0.518. The van der Waals surface area contributed by atoms with Crippen molar-refractivity contribution < 1.29 is 4.21 Å². The van der Waals surface area contributed by atoms with E-state index >= 15 is 0 Å². The number of nitrogens with one attached hydrogen (secondary N) is 1. The van der Waals surface area contributed by atoms with Crippen molar-refractivity contribution in [3.8, 4) is 0 Å². The van der Waals surface area contributed by atoms with Crippen molar-refractivity contribution in [3.05, 3.63) is 0 Å². The van der Waals surface area contributed by atoms with Gasteiger partial charge in [-0.2, -0.15) is 0 Å². The highest BCUT2D eigenvalue weighted by molar-refractivity contribution is 7.84. The van der Waals surface area contributed by atoms with Crippen LogP contribution in [0.15, 0.2) is 0 Å². The fraction of sp³-hybridized carbons (Fsp3) is 1.00. The van der Waals surface area contributed by atoms with Crippen LogP contribution in [0.3, 0.4) is 0 Å². The zero-order chi connectivity index (χ0) is 13.6. The van der Waals surface area contributed by atoms with Crippen LogP contribution in [0.5, 0.6) is 0 Å². The minimum Gasteiger partial charge on any atom is -0.314 e. The molecule has 0 aliphatic heterocycles. The maximum atomic E-state index is 11.0. The van der Waals surface area contributed by atoms with Crippen LogP contribution < -0.4 is 5.32 Å². The minimum atomic E-state index is -0.631. The smallest absolute Gasteiger partial charge is 0.0244 e. The Hall–Kier alpha value is 0.110. The molecule has 0 radical (unpaired) electrons. The largest absolute Gasteiger partial charge is 0.314 e. The second-order valence-electron chi connectivity index (χ2n) is 6.48. The summed E-state index contributed by atoms with van der Waals surface area (Å²) in [7, 11) is -0.631. The maximum absolute atomic E-state index is 11.0. The predicted molar refractivity (Wildman–Crippen MR) is 81.4 cm³/mol. The van der Waals surface area contributed by atoms with Crippen LogP contribution in [-0.2, 0) is 10.8 Å². The predicted octanol–water partition coefficient (Wildman–Crippen LogP) is 3.34. The quantitative estimate of drug-likeness (QED) is 0.721. The molecule has 0 bridgehead atoms. The molecule has 1 aliphatic carbocycles. The van der Waals surface area contributed by atoms with E-state index in [1.54, 1.807) is 6.26 Å². The van der Waals surface area contributed by atoms with E-state index in [4.69, 9.17) is 0 Å². The Morgan fingerprint density at radius 2 is 1.83 bits per heavy atom. The molecule has 0 heterocycles. The van der Waals surface area contributed by atoms with Gasteiger partial charge in [-0.3, -0.25) is 4.21 Å². The lowest BCUT2D eigenvalue weighted by Gasteiger charge is -2.39. The molecule has 0 amide bonds. The molecule has 0 aromatic rings. The van der Waals surface area contributed by atoms with Gasteiger partial charge in [0, 0.05) is 28.9 Å². The highest BCUT2D eigenvalue weighted by atomic mass is 32.2. The molecule has 108 valence electrons. The summed E-state index contributed by atoms with van der Waals surface area (Å²) < 4.78 is 11.0. The van der Waals surface area contributed by atoms with Gasteiger partial charge in [0.25, 0.3) is 0 Å². The Balaban J connectivity index is 2.17. The lowest BCUT2D eigenvalue weighted by molar-refractivity contribution is 0.137. The normalized spacial score (nSPS) is 27.1. The molecule has 0 saturated heterocycles. The van der Waals surface area contributed by atoms with Crippen molar-refractivity contribution >= 4 is 10.8 Å². The molecule has 1 aliphatic rings. The molecule has 1 saturated carbocycles. The van der Waals surface area contributed by atoms with Gasteiger partial charge >= 0.3 is 0 Å². The van der Waals surface area contributed by atoms with E-state index in [9.17, 15) is 4.21 Å². The van der Waals surface area contributed by atoms with Crippen LogP contribution in [0.1, 0.15) is 59.3 Å². The topological polar surface area (TPSA) is 29.1 Å². The van der Waals surface area contributed by atoms with Gasteiger partial charge in [-0.15, -0.1) is 0 Å². The molecule has 1 N–H and O–H groups in total. The van der Waals surface area contributed by atoms with Crippen LogP contribution in [-0.4, -0.2) is 28.8 Å². The van der Waals surface area contributed by atoms with Gasteiger partial charge in [0.2, 0.25) is 0 Å². The van der Waals surface area contributed by atoms with Gasteiger partial charge in [0.15, 0.2) is 0 Å². The van der Waals surface area contributed by atoms with Crippen molar-refractivity contribution in [2.45, 2.75) is 65.3 Å². The fourth-order valence-corrected chi connectivity index (χ4v) is 3.50. The van der Waals surface area contributed by atoms with Crippen molar-refractivity contribution in [2.24, 2.45) is 11.3 Å². The van der Waals surface area contributed by atoms with Crippen LogP contribution >= 0.6 is 0 Å². The van der Waals surface area contributed by atoms with Gasteiger partial charge in [0.1, 0.15) is 0 Å². The van der Waals surface area contributed by atoms with Gasteiger partial charge in [-0.25, -0.2) is 0 Å². The van der Waals surface area contributed by atoms with E-state index in [2.05, 4.69) is 26.1 Å². The summed E-state index contributed by atoms with van der Waals surface area (Å²) >= 11 is 0. The fourth-order valence-electron chi connectivity index (χ4n) is 2.95. The summed E-state index contributed by atoms with van der Waals surface area (Å²) in [5, 5.41) is 3.63. The Morgan fingerprint density at radius 1 is 1.22 bits per heavy atom. The lowest BCUT2D eigenvalue weighted by Crippen LogP contribution is -2.37. The third-order valence-corrected chi connectivity index (χ3v) is 5.65. The van der Waals surface area contributed by atoms with Gasteiger partial charge in [0.05, 0.1) is 0 Å². The van der Waals surface area contributed by atoms with E-state index in [1.165, 1.54) is 32.1 Å². The molecule has 2 nitrogen and oxygen atoms in total. The molecule has 1 rings (SSSR count). The van der Waals surface area contributed by atoms with E-state index in [1.807, 2.05) is 0 Å². The average molecular weight is 273 g/mol. The minimum absolute atomic E-state index is 0.518. The average Bonchev–Trinajstić information content (AvgIpc) is 2.35. The van der Waals surface area contributed by atoms with Crippen LogP contribution in [0, 0.1) is 11.3 Å². The van der Waals surface area contributed by atoms with Crippen LogP contribution in [0.2, 0.25) is 0 Å². The lowest BCUT2D eigenvalue weighted by atomic mass is 9.69. The first kappa shape index (κ1) is 16.2. The van der Waals surface area contributed by atoms with E-state index in [-0.39, 0.29) is 0 Å². The van der Waals surface area contributed by atoms with Crippen LogP contribution in [0.25, 0.3) is 0 Å². The Labute approximate surface area is 116 Å². The van der Waals surface area contributed by atoms with Gasteiger partial charge in [-0.05, 0) is 50.0 Å². The van der Waals surface area contributed by atoms with E-state index in [0.717, 1.165) is 24.6 Å². The molecule has 18 heavy (non-hydrogen) atoms. The van der Waals surface area contributed by atoms with Crippen LogP contribution in [0.4, 0.5) is 0 Å². The number of hydrogen-bond donors (Lipinski definition) is 1. The van der Waals surface area contributed by atoms with Gasteiger partial charge in [-0.1, -0.05) is 27.2 Å². The van der Waals surface area contributed by atoms with Gasteiger partial charge < -0.3 is 5.32 Å². The van der Waals surface area contributed by atoms with Crippen molar-refractivity contribution in [1.82, 2.24) is 5.32 Å². The molecular formula is C15H31NOS. The summed E-state index contributed by atoms with van der Waals surface area (Å²) in [6.07, 6.45) is 9.52. The Morgan fingerprint density at radius 3 is 2.33 bits per heavy atom. The monoisotopic (exact) mass is 273 g/mol. The molecule has 3 heteroatoms. The Bertz CT molecular complexity index is 257. The zero-order valence-electron chi connectivity index (χ0n) is 12.6. The first-order valence-corrected chi connectivity index (χ1v) is 9.22. The molecule has 1 unspecified atom stereocenters. The first-order chi connectivity index (χ1) is 8.45. The molecular weight excluding hydrogens is 242 g/mol. The standard InChI is InChI=1S/C15H31NOS/c1-5-15(2,3)13-7-9-14(10-8-13)16-11-6-12-18(4)17/h13-14,16H,5-12H2,1-4H3. The molecule has 1 atom stereocenters. The SMILES string of the molecule is CCC(C)(C)C1CCC(NCCCS(C)=O)CC1. The zero-order valence-corrected chi connectivity index (χ0v) is 13.4. The highest BCUT2D eigenvalue weighted by Crippen LogP contribution is 2.40. The second kappa shape index (κ2) is 7.64. The maximum Gasteiger partial charge on any atom is 0.0244 e. The third-order valence-electron chi connectivity index (χ3n) is 4.79. The van der Waals surface area contributed by atoms with E-state index < -0.39 is 10.8 Å². The Kier molecular flexibility index (Phi) is 6.86. The summed E-state index contributed by atoms with van der Waals surface area (Å²) in [6, 6.07) is 0.708. The molecule has 0 aromatic carbocycles. The summed E-state index contributed by atoms with van der Waals surface area (Å²) in [4.78, 5) is 0. The van der Waals surface area contributed by atoms with Crippen molar-refractivity contribution in [3.63, 3.8) is 0 Å². The second-order valence-corrected chi connectivity index (χ2v) is 8.03. The number of hydrogen-bond acceptors (Lipinski definition) is 2. The highest BCUT2D eigenvalue weighted by Gasteiger charge is 2.31. The van der Waals surface area contributed by atoms with E-state index in [0.29, 0.717) is 11.5 Å². The van der Waals surface area contributed by atoms with Crippen molar-refractivity contribution in [2.75, 3.05) is 18.6 Å². The van der Waals surface area contributed by atoms with Crippen molar-refractivity contribution in [1.29, 1.82) is 0 Å². The number of rotatable bonds is 7. The third kappa shape index (κ3) is 5.40. The molecule has 0 spiro atoms.